The highest BCUT2D eigenvalue weighted by molar-refractivity contribution is 5.70. The maximum Gasteiger partial charge on any atom is 0.306 e. The van der Waals surface area contributed by atoms with Crippen LogP contribution in [0, 0.1) is 0 Å². The zero-order chi connectivity index (χ0) is 47.7. The molecular formula is C61H96O5. The second kappa shape index (κ2) is 55.1. The minimum absolute atomic E-state index is 0.0887. The highest BCUT2D eigenvalue weighted by Crippen LogP contribution is 2.13. The van der Waals surface area contributed by atoms with Gasteiger partial charge in [-0.05, 0) is 116 Å². The van der Waals surface area contributed by atoms with E-state index in [1.807, 2.05) is 0 Å². The predicted molar refractivity (Wildman–Crippen MR) is 287 cm³/mol. The lowest BCUT2D eigenvalue weighted by Crippen LogP contribution is -2.28. The topological polar surface area (TPSA) is 72.8 Å². The Kier molecular flexibility index (Phi) is 51.6. The number of rotatable bonds is 46. The minimum Gasteiger partial charge on any atom is -0.462 e. The van der Waals surface area contributed by atoms with Crippen LogP contribution in [-0.2, 0) is 19.1 Å². The average molecular weight is 909 g/mol. The van der Waals surface area contributed by atoms with Gasteiger partial charge in [0.1, 0.15) is 6.61 Å². The normalized spacial score (nSPS) is 13.4. The van der Waals surface area contributed by atoms with Gasteiger partial charge >= 0.3 is 11.9 Å². The van der Waals surface area contributed by atoms with E-state index >= 15 is 0 Å². The van der Waals surface area contributed by atoms with E-state index in [2.05, 4.69) is 160 Å². The van der Waals surface area contributed by atoms with Crippen LogP contribution in [-0.4, -0.2) is 36.4 Å². The first-order chi connectivity index (χ1) is 32.6. The van der Waals surface area contributed by atoms with Gasteiger partial charge in [-0.3, -0.25) is 9.59 Å². The van der Waals surface area contributed by atoms with Crippen LogP contribution in [0.4, 0.5) is 0 Å². The van der Waals surface area contributed by atoms with Crippen molar-refractivity contribution in [1.82, 2.24) is 0 Å². The van der Waals surface area contributed by atoms with Crippen molar-refractivity contribution in [3.8, 4) is 0 Å². The summed E-state index contributed by atoms with van der Waals surface area (Å²) in [6.07, 6.45) is 83.6. The van der Waals surface area contributed by atoms with Gasteiger partial charge < -0.3 is 14.6 Å². The molecule has 0 heterocycles. The van der Waals surface area contributed by atoms with Crippen LogP contribution < -0.4 is 0 Å². The molecule has 5 nitrogen and oxygen atoms in total. The number of aliphatic hydroxyl groups is 1. The van der Waals surface area contributed by atoms with Crippen LogP contribution in [0.1, 0.15) is 206 Å². The molecule has 0 aromatic rings. The molecule has 0 spiro atoms. The van der Waals surface area contributed by atoms with E-state index in [0.717, 1.165) is 128 Å². The summed E-state index contributed by atoms with van der Waals surface area (Å²) in [6.45, 7) is 3.88. The summed E-state index contributed by atoms with van der Waals surface area (Å²) in [5.41, 5.74) is 0. The van der Waals surface area contributed by atoms with Crippen molar-refractivity contribution in [1.29, 1.82) is 0 Å². The van der Waals surface area contributed by atoms with Crippen molar-refractivity contribution in [2.24, 2.45) is 0 Å². The van der Waals surface area contributed by atoms with Crippen molar-refractivity contribution < 1.29 is 24.2 Å². The fraction of sp³-hybridized carbons (Fsp3) is 0.574. The highest BCUT2D eigenvalue weighted by Gasteiger charge is 2.16. The fourth-order valence-corrected chi connectivity index (χ4v) is 6.74. The van der Waals surface area contributed by atoms with Gasteiger partial charge in [-0.15, -0.1) is 0 Å². The molecule has 66 heavy (non-hydrogen) atoms. The predicted octanol–water partition coefficient (Wildman–Crippen LogP) is 17.9. The van der Waals surface area contributed by atoms with Crippen LogP contribution in [0.5, 0.6) is 0 Å². The lowest BCUT2D eigenvalue weighted by atomic mass is 10.1. The average Bonchev–Trinajstić information content (AvgIpc) is 3.32. The van der Waals surface area contributed by atoms with E-state index < -0.39 is 6.10 Å². The number of hydrogen-bond acceptors (Lipinski definition) is 5. The van der Waals surface area contributed by atoms with Gasteiger partial charge in [-0.2, -0.15) is 0 Å². The van der Waals surface area contributed by atoms with E-state index in [-0.39, 0.29) is 25.2 Å². The number of allylic oxidation sites excluding steroid dienone is 24. The van der Waals surface area contributed by atoms with E-state index in [4.69, 9.17) is 9.47 Å². The number of ether oxygens (including phenoxy) is 2. The van der Waals surface area contributed by atoms with Crippen LogP contribution >= 0.6 is 0 Å². The molecule has 0 aliphatic rings. The first-order valence-corrected chi connectivity index (χ1v) is 26.4. The van der Waals surface area contributed by atoms with E-state index in [0.29, 0.717) is 12.8 Å². The van der Waals surface area contributed by atoms with Gasteiger partial charge in [-0.25, -0.2) is 0 Å². The summed E-state index contributed by atoms with van der Waals surface area (Å²) < 4.78 is 10.7. The van der Waals surface area contributed by atoms with Crippen LogP contribution in [0.25, 0.3) is 0 Å². The molecule has 370 valence electrons. The maximum atomic E-state index is 12.3. The van der Waals surface area contributed by atoms with Gasteiger partial charge in [-0.1, -0.05) is 224 Å². The summed E-state index contributed by atoms with van der Waals surface area (Å²) in [7, 11) is 0. The first kappa shape index (κ1) is 61.8. The van der Waals surface area contributed by atoms with Crippen molar-refractivity contribution in [2.75, 3.05) is 13.2 Å². The van der Waals surface area contributed by atoms with Gasteiger partial charge in [0.15, 0.2) is 6.10 Å². The summed E-state index contributed by atoms with van der Waals surface area (Å²) in [4.78, 5) is 24.5. The Hall–Kier alpha value is -4.22. The van der Waals surface area contributed by atoms with E-state index in [9.17, 15) is 14.7 Å². The van der Waals surface area contributed by atoms with Gasteiger partial charge in [0.05, 0.1) is 6.61 Å². The molecule has 5 heteroatoms. The Morgan fingerprint density at radius 3 is 0.909 bits per heavy atom. The summed E-state index contributed by atoms with van der Waals surface area (Å²) >= 11 is 0. The molecule has 0 amide bonds. The van der Waals surface area contributed by atoms with Crippen LogP contribution in [0.2, 0.25) is 0 Å². The van der Waals surface area contributed by atoms with Crippen molar-refractivity contribution in [3.63, 3.8) is 0 Å². The molecular weight excluding hydrogens is 813 g/mol. The van der Waals surface area contributed by atoms with E-state index in [1.165, 1.54) is 51.4 Å². The molecule has 0 saturated carbocycles. The zero-order valence-corrected chi connectivity index (χ0v) is 42.1. The first-order valence-electron chi connectivity index (χ1n) is 26.4. The second-order valence-corrected chi connectivity index (χ2v) is 16.8. The molecule has 0 aromatic carbocycles. The van der Waals surface area contributed by atoms with E-state index in [1.54, 1.807) is 0 Å². The number of aliphatic hydroxyl groups excluding tert-OH is 1. The SMILES string of the molecule is CC/C=C\C/C=C\C/C=C\C/C=C\C/C=C\C/C=C\C/C=C\C/C=C\CCCCCCC(=O)OC(CO)COC(=O)CCCCCCCCCCCC/C=C\C/C=C\C/C=C\C/C=C\CC. The molecule has 1 unspecified atom stereocenters. The molecule has 0 radical (unpaired) electrons. The Morgan fingerprint density at radius 1 is 0.348 bits per heavy atom. The molecule has 0 aromatic heterocycles. The Labute approximate surface area is 406 Å². The van der Waals surface area contributed by atoms with Crippen LogP contribution in [0.3, 0.4) is 0 Å². The molecule has 1 atom stereocenters. The number of carbonyl (C=O) groups excluding carboxylic acids is 2. The molecule has 0 bridgehead atoms. The van der Waals surface area contributed by atoms with Crippen molar-refractivity contribution >= 4 is 11.9 Å². The molecule has 0 saturated heterocycles. The van der Waals surface area contributed by atoms with Gasteiger partial charge in [0, 0.05) is 12.8 Å². The van der Waals surface area contributed by atoms with Crippen molar-refractivity contribution in [3.05, 3.63) is 146 Å². The zero-order valence-electron chi connectivity index (χ0n) is 42.1. The number of carbonyl (C=O) groups is 2. The molecule has 0 aliphatic carbocycles. The third kappa shape index (κ3) is 52.4. The molecule has 0 rings (SSSR count). The third-order valence-electron chi connectivity index (χ3n) is 10.6. The van der Waals surface area contributed by atoms with Gasteiger partial charge in [0.25, 0.3) is 0 Å². The Balaban J connectivity index is 3.65. The molecule has 0 aliphatic heterocycles. The standard InChI is InChI=1S/C61H96O5/c1-3-5-7-9-11-13-15-17-19-21-23-25-27-28-29-30-31-32-34-36-38-40-42-44-46-48-50-52-54-56-61(64)66-59(57-62)58-65-60(63)55-53-51-49-47-45-43-41-39-37-35-33-26-24-22-20-18-16-14-12-10-8-6-4-2/h5-8,11-14,17-20,23-26,28-29,31-32,36,38,42,44,59,62H,3-4,9-10,15-16,21-22,27,30,33-35,37,39-41,43,45-58H2,1-2H3/b7-5-,8-6-,13-11-,14-12-,19-17-,20-18-,25-23-,26-24-,29-28-,32-31-,38-36-,44-42-. The molecule has 0 fully saturated rings. The summed E-state index contributed by atoms with van der Waals surface area (Å²) in [5.74, 6) is -0.636. The van der Waals surface area contributed by atoms with Crippen LogP contribution in [0.15, 0.2) is 146 Å². The van der Waals surface area contributed by atoms with Gasteiger partial charge in [0.2, 0.25) is 0 Å². The maximum absolute atomic E-state index is 12.3. The Bertz CT molecular complexity index is 1450. The summed E-state index contributed by atoms with van der Waals surface area (Å²) in [5, 5.41) is 9.64. The fourth-order valence-electron chi connectivity index (χ4n) is 6.74. The highest BCUT2D eigenvalue weighted by atomic mass is 16.6. The Morgan fingerprint density at radius 2 is 0.606 bits per heavy atom. The largest absolute Gasteiger partial charge is 0.462 e. The monoisotopic (exact) mass is 909 g/mol. The minimum atomic E-state index is -0.800. The quantitative estimate of drug-likeness (QED) is 0.0374. The lowest BCUT2D eigenvalue weighted by Gasteiger charge is -2.15. The third-order valence-corrected chi connectivity index (χ3v) is 10.6. The number of esters is 2. The second-order valence-electron chi connectivity index (χ2n) is 16.8. The number of unbranched alkanes of at least 4 members (excludes halogenated alkanes) is 14. The lowest BCUT2D eigenvalue weighted by molar-refractivity contribution is -0.161. The number of hydrogen-bond donors (Lipinski definition) is 1. The van der Waals surface area contributed by atoms with Crippen molar-refractivity contribution in [2.45, 2.75) is 213 Å². The smallest absolute Gasteiger partial charge is 0.306 e. The molecule has 1 N–H and O–H groups in total. The summed E-state index contributed by atoms with van der Waals surface area (Å²) in [6, 6.07) is 0.